The number of fused-ring (bicyclic) bond motifs is 5. The van der Waals surface area contributed by atoms with E-state index in [-0.39, 0.29) is 44.2 Å². The molecule has 2 bridgehead atoms. The smallest absolute Gasteiger partial charge is 0.327 e. The number of carbonyl (C=O) groups excluding carboxylic acids is 3. The highest BCUT2D eigenvalue weighted by atomic mass is 16.8. The van der Waals surface area contributed by atoms with Crippen LogP contribution in [-0.2, 0) is 49.5 Å². The minimum Gasteiger partial charge on any atom is -0.460 e. The Labute approximate surface area is 304 Å². The van der Waals surface area contributed by atoms with Gasteiger partial charge in [-0.05, 0) is 89.2 Å². The van der Waals surface area contributed by atoms with Crippen molar-refractivity contribution in [3.05, 3.63) is 41.5 Å². The van der Waals surface area contributed by atoms with Crippen LogP contribution in [0.15, 0.2) is 30.3 Å². The SMILES string of the molecule is CC(C)(C)OC(=O)CCC(CO)NC(=O)C12CC3OC(=O)C1N(Cc1ccccc1C=CC1CCC4OC4C1)OC2C1OC(C2CC2)(C2CC2)OC31. The molecule has 9 rings (SSSR count). The Hall–Kier alpha value is -2.87. The first-order valence-electron chi connectivity index (χ1n) is 19.5. The van der Waals surface area contributed by atoms with Crippen molar-refractivity contribution in [1.29, 1.82) is 0 Å². The van der Waals surface area contributed by atoms with Gasteiger partial charge >= 0.3 is 11.9 Å². The van der Waals surface area contributed by atoms with Gasteiger partial charge in [-0.1, -0.05) is 36.4 Å². The number of carbonyl (C=O) groups is 3. The van der Waals surface area contributed by atoms with Gasteiger partial charge in [0, 0.05) is 24.7 Å². The Morgan fingerprint density at radius 2 is 1.79 bits per heavy atom. The van der Waals surface area contributed by atoms with Crippen molar-refractivity contribution in [3.8, 4) is 0 Å². The number of rotatable bonds is 12. The van der Waals surface area contributed by atoms with Crippen molar-refractivity contribution in [2.45, 2.75) is 152 Å². The number of nitrogens with zero attached hydrogens (tertiary/aromatic N) is 1. The Kier molecular flexibility index (Phi) is 8.63. The van der Waals surface area contributed by atoms with Crippen molar-refractivity contribution < 1.29 is 48.0 Å². The monoisotopic (exact) mass is 720 g/mol. The zero-order valence-electron chi connectivity index (χ0n) is 30.4. The molecule has 8 fully saturated rings. The molecule has 282 valence electrons. The number of nitrogens with one attached hydrogen (secondary N) is 1. The Morgan fingerprint density at radius 3 is 2.50 bits per heavy atom. The summed E-state index contributed by atoms with van der Waals surface area (Å²) in [6.45, 7) is 5.25. The predicted molar refractivity (Wildman–Crippen MR) is 185 cm³/mol. The largest absolute Gasteiger partial charge is 0.460 e. The highest BCUT2D eigenvalue weighted by Gasteiger charge is 2.78. The number of aliphatic hydroxyl groups excluding tert-OH is 1. The van der Waals surface area contributed by atoms with Crippen LogP contribution in [0.2, 0.25) is 0 Å². The summed E-state index contributed by atoms with van der Waals surface area (Å²) in [4.78, 5) is 48.4. The zero-order chi connectivity index (χ0) is 36.0. The molecular weight excluding hydrogens is 668 g/mol. The third-order valence-electron chi connectivity index (χ3n) is 12.6. The maximum atomic E-state index is 14.8. The molecule has 8 aliphatic rings. The topological polar surface area (TPSA) is 145 Å². The summed E-state index contributed by atoms with van der Waals surface area (Å²) in [5, 5.41) is 15.0. The molecule has 4 aliphatic carbocycles. The predicted octanol–water partition coefficient (Wildman–Crippen LogP) is 3.97. The molecule has 0 spiro atoms. The van der Waals surface area contributed by atoms with Gasteiger partial charge in [0.05, 0.1) is 31.4 Å². The third-order valence-corrected chi connectivity index (χ3v) is 12.6. The average Bonchev–Trinajstić information content (AvgIpc) is 4.00. The molecule has 10 atom stereocenters. The second-order valence-electron chi connectivity index (χ2n) is 17.5. The van der Waals surface area contributed by atoms with E-state index in [1.807, 2.05) is 18.2 Å². The van der Waals surface area contributed by atoms with Crippen LogP contribution in [-0.4, -0.2) is 94.7 Å². The Morgan fingerprint density at radius 1 is 1.04 bits per heavy atom. The van der Waals surface area contributed by atoms with Crippen LogP contribution < -0.4 is 5.32 Å². The number of aliphatic hydroxyl groups is 1. The molecule has 1 aromatic carbocycles. The molecule has 4 heterocycles. The van der Waals surface area contributed by atoms with E-state index < -0.39 is 71.1 Å². The van der Waals surface area contributed by atoms with Crippen LogP contribution in [0.1, 0.15) is 96.1 Å². The molecule has 0 radical (unpaired) electrons. The fraction of sp³-hybridized carbons (Fsp3) is 0.725. The van der Waals surface area contributed by atoms with E-state index in [0.29, 0.717) is 18.1 Å². The van der Waals surface area contributed by atoms with E-state index in [0.717, 1.165) is 56.1 Å². The minimum atomic E-state index is -1.37. The first kappa shape index (κ1) is 34.9. The molecule has 12 heteroatoms. The maximum absolute atomic E-state index is 14.8. The van der Waals surface area contributed by atoms with Crippen LogP contribution in [0.3, 0.4) is 0 Å². The molecule has 4 aliphatic heterocycles. The lowest BCUT2D eigenvalue weighted by molar-refractivity contribution is -0.235. The first-order valence-corrected chi connectivity index (χ1v) is 19.5. The van der Waals surface area contributed by atoms with E-state index in [2.05, 4.69) is 23.5 Å². The summed E-state index contributed by atoms with van der Waals surface area (Å²) in [6, 6.07) is 6.26. The molecule has 10 unspecified atom stereocenters. The number of allylic oxidation sites excluding steroid dienone is 1. The average molecular weight is 721 g/mol. The van der Waals surface area contributed by atoms with Crippen molar-refractivity contribution in [3.63, 3.8) is 0 Å². The summed E-state index contributed by atoms with van der Waals surface area (Å²) in [5.41, 5.74) is -0.0536. The molecule has 12 nitrogen and oxygen atoms in total. The van der Waals surface area contributed by atoms with Gasteiger partial charge in [0.1, 0.15) is 35.4 Å². The summed E-state index contributed by atoms with van der Waals surface area (Å²) >= 11 is 0. The quantitative estimate of drug-likeness (QED) is 0.239. The normalized spacial score (nSPS) is 38.0. The van der Waals surface area contributed by atoms with Gasteiger partial charge in [-0.3, -0.25) is 19.2 Å². The van der Waals surface area contributed by atoms with E-state index >= 15 is 0 Å². The van der Waals surface area contributed by atoms with Gasteiger partial charge in [-0.2, -0.15) is 5.06 Å². The van der Waals surface area contributed by atoms with E-state index in [1.54, 1.807) is 25.8 Å². The fourth-order valence-electron chi connectivity index (χ4n) is 9.74. The van der Waals surface area contributed by atoms with Gasteiger partial charge in [-0.25, -0.2) is 0 Å². The van der Waals surface area contributed by atoms with Crippen molar-refractivity contribution in [2.75, 3.05) is 6.61 Å². The Balaban J connectivity index is 1.01. The first-order chi connectivity index (χ1) is 25.0. The van der Waals surface area contributed by atoms with Gasteiger partial charge < -0.3 is 34.1 Å². The highest BCUT2D eigenvalue weighted by molar-refractivity contribution is 5.94. The van der Waals surface area contributed by atoms with Gasteiger partial charge in [0.15, 0.2) is 11.8 Å². The second kappa shape index (κ2) is 12.9. The van der Waals surface area contributed by atoms with Crippen molar-refractivity contribution in [2.24, 2.45) is 23.2 Å². The van der Waals surface area contributed by atoms with Gasteiger partial charge in [0.25, 0.3) is 0 Å². The zero-order valence-corrected chi connectivity index (χ0v) is 30.4. The van der Waals surface area contributed by atoms with Crippen LogP contribution in [0.5, 0.6) is 0 Å². The van der Waals surface area contributed by atoms with Crippen LogP contribution in [0.4, 0.5) is 0 Å². The number of hydrogen-bond acceptors (Lipinski definition) is 11. The maximum Gasteiger partial charge on any atom is 0.327 e. The standard InChI is InChI=1S/C40H52N2O10/c1-38(2,3)49-31(44)17-15-27(21-43)41-37(46)39-19-30-32-33(51-40(50-32,25-11-12-25)26-13-14-26)35(39)52-42(34(39)36(45)48-30)20-24-7-5-4-6-23(24)10-8-22-9-16-28-29(18-22)47-28/h4-8,10,22,25-30,32-35,43H,9,11-21H2,1-3H3,(H,41,46). The summed E-state index contributed by atoms with van der Waals surface area (Å²) in [6.07, 6.45) is 10.2. The molecule has 0 aromatic heterocycles. The second-order valence-corrected chi connectivity index (χ2v) is 17.5. The number of ether oxygens (including phenoxy) is 5. The summed E-state index contributed by atoms with van der Waals surface area (Å²) in [5.74, 6) is -1.13. The summed E-state index contributed by atoms with van der Waals surface area (Å²) < 4.78 is 31.2. The van der Waals surface area contributed by atoms with Crippen LogP contribution >= 0.6 is 0 Å². The molecule has 1 aromatic rings. The molecular formula is C40H52N2O10. The lowest BCUT2D eigenvalue weighted by Gasteiger charge is -2.49. The summed E-state index contributed by atoms with van der Waals surface area (Å²) in [7, 11) is 0. The molecule has 52 heavy (non-hydrogen) atoms. The molecule has 1 amide bonds. The molecule has 2 N–H and O–H groups in total. The van der Waals surface area contributed by atoms with E-state index in [4.69, 9.17) is 28.5 Å². The van der Waals surface area contributed by atoms with Gasteiger partial charge in [-0.15, -0.1) is 0 Å². The molecule has 4 saturated carbocycles. The lowest BCUT2D eigenvalue weighted by atomic mass is 9.62. The van der Waals surface area contributed by atoms with Gasteiger partial charge in [0.2, 0.25) is 5.91 Å². The number of amides is 1. The van der Waals surface area contributed by atoms with Crippen molar-refractivity contribution >= 4 is 23.9 Å². The number of esters is 2. The number of hydroxylamine groups is 2. The number of benzene rings is 1. The third kappa shape index (κ3) is 6.21. The van der Waals surface area contributed by atoms with Crippen LogP contribution in [0.25, 0.3) is 6.08 Å². The Bertz CT molecular complexity index is 1600. The molecule has 4 saturated heterocycles. The highest BCUT2D eigenvalue weighted by Crippen LogP contribution is 2.64. The van der Waals surface area contributed by atoms with E-state index in [9.17, 15) is 19.5 Å². The number of epoxide rings is 1. The van der Waals surface area contributed by atoms with Crippen LogP contribution in [0, 0.1) is 23.2 Å². The van der Waals surface area contributed by atoms with Crippen molar-refractivity contribution in [1.82, 2.24) is 10.4 Å². The fourth-order valence-corrected chi connectivity index (χ4v) is 9.74. The van der Waals surface area contributed by atoms with E-state index in [1.165, 1.54) is 0 Å². The lowest BCUT2D eigenvalue weighted by Crippen LogP contribution is -2.70. The number of hydrogen-bond donors (Lipinski definition) is 2. The minimum absolute atomic E-state index is 0.0162.